The molecule has 20 heavy (non-hydrogen) atoms. The number of ketones is 1. The van der Waals surface area contributed by atoms with Crippen LogP contribution in [0.2, 0.25) is 0 Å². The van der Waals surface area contributed by atoms with E-state index in [2.05, 4.69) is 20.7 Å². The molecule has 0 heterocycles. The van der Waals surface area contributed by atoms with Gasteiger partial charge in [-0.05, 0) is 30.7 Å². The van der Waals surface area contributed by atoms with Crippen molar-refractivity contribution < 1.29 is 28.2 Å². The van der Waals surface area contributed by atoms with Crippen LogP contribution in [0.15, 0.2) is 24.3 Å². The Hall–Kier alpha value is -1.76. The molecule has 1 aromatic rings. The van der Waals surface area contributed by atoms with Gasteiger partial charge in [-0.1, -0.05) is 22.0 Å². The Balaban J connectivity index is 3.22. The molecule has 0 bridgehead atoms. The van der Waals surface area contributed by atoms with Crippen molar-refractivity contribution in [1.29, 1.82) is 0 Å². The van der Waals surface area contributed by atoms with E-state index in [1.54, 1.807) is 6.92 Å². The zero-order chi connectivity index (χ0) is 15.3. The second-order valence-corrected chi connectivity index (χ2v) is 5.15. The summed E-state index contributed by atoms with van der Waals surface area (Å²) in [6, 6.07) is 3.75. The molecule has 0 radical (unpaired) electrons. The van der Waals surface area contributed by atoms with Crippen molar-refractivity contribution in [3.05, 3.63) is 35.4 Å². The van der Waals surface area contributed by atoms with E-state index in [-0.39, 0.29) is 17.1 Å². The molecule has 1 atom stereocenters. The van der Waals surface area contributed by atoms with Crippen LogP contribution in [0, 0.1) is 0 Å². The van der Waals surface area contributed by atoms with Crippen LogP contribution in [0.3, 0.4) is 0 Å². The highest BCUT2D eigenvalue weighted by atomic mass is 79.9. The van der Waals surface area contributed by atoms with Crippen molar-refractivity contribution in [3.8, 4) is 5.75 Å². The summed E-state index contributed by atoms with van der Waals surface area (Å²) in [4.78, 5) is 21.9. The minimum atomic E-state index is -3.00. The molecule has 1 aromatic carbocycles. The Morgan fingerprint density at radius 3 is 2.55 bits per heavy atom. The highest BCUT2D eigenvalue weighted by molar-refractivity contribution is 9.10. The lowest BCUT2D eigenvalue weighted by molar-refractivity contribution is -0.131. The SMILES string of the molecule is CC(Br)C(=O)c1cc(OC(F)F)ccc1C=CC(=O)O. The number of carbonyl (C=O) groups excluding carboxylic acids is 1. The van der Waals surface area contributed by atoms with Crippen molar-refractivity contribution >= 4 is 33.8 Å². The topological polar surface area (TPSA) is 63.6 Å². The summed E-state index contributed by atoms with van der Waals surface area (Å²) in [7, 11) is 0. The molecule has 1 N–H and O–H groups in total. The fourth-order valence-corrected chi connectivity index (χ4v) is 1.69. The van der Waals surface area contributed by atoms with Crippen molar-refractivity contribution in [3.63, 3.8) is 0 Å². The Morgan fingerprint density at radius 2 is 2.05 bits per heavy atom. The molecule has 0 aliphatic rings. The van der Waals surface area contributed by atoms with Crippen molar-refractivity contribution in [1.82, 2.24) is 0 Å². The van der Waals surface area contributed by atoms with Crippen molar-refractivity contribution in [2.45, 2.75) is 18.4 Å². The van der Waals surface area contributed by atoms with Gasteiger partial charge in [0.1, 0.15) is 5.75 Å². The summed E-state index contributed by atoms with van der Waals surface area (Å²) in [6.45, 7) is -1.42. The molecule has 1 rings (SSSR count). The van der Waals surface area contributed by atoms with Crippen LogP contribution in [0.1, 0.15) is 22.8 Å². The normalized spacial score (nSPS) is 12.7. The van der Waals surface area contributed by atoms with Gasteiger partial charge in [-0.25, -0.2) is 4.79 Å². The first-order chi connectivity index (χ1) is 9.31. The maximum atomic E-state index is 12.2. The third-order valence-electron chi connectivity index (χ3n) is 2.28. The van der Waals surface area contributed by atoms with Crippen LogP contribution in [0.5, 0.6) is 5.75 Å². The number of benzene rings is 1. The average molecular weight is 349 g/mol. The van der Waals surface area contributed by atoms with Crippen LogP contribution in [-0.4, -0.2) is 28.3 Å². The van der Waals surface area contributed by atoms with E-state index >= 15 is 0 Å². The second kappa shape index (κ2) is 7.14. The van der Waals surface area contributed by atoms with Gasteiger partial charge in [-0.3, -0.25) is 4.79 Å². The fraction of sp³-hybridized carbons (Fsp3) is 0.231. The lowest BCUT2D eigenvalue weighted by Crippen LogP contribution is -2.12. The molecular weight excluding hydrogens is 338 g/mol. The van der Waals surface area contributed by atoms with E-state index < -0.39 is 17.4 Å². The van der Waals surface area contributed by atoms with Crippen molar-refractivity contribution in [2.24, 2.45) is 0 Å². The van der Waals surface area contributed by atoms with Crippen LogP contribution in [0.25, 0.3) is 6.08 Å². The molecule has 108 valence electrons. The van der Waals surface area contributed by atoms with Gasteiger partial charge in [-0.2, -0.15) is 8.78 Å². The number of hydrogen-bond donors (Lipinski definition) is 1. The number of aliphatic carboxylic acids is 1. The van der Waals surface area contributed by atoms with E-state index in [9.17, 15) is 18.4 Å². The maximum Gasteiger partial charge on any atom is 0.387 e. The highest BCUT2D eigenvalue weighted by Gasteiger charge is 2.17. The average Bonchev–Trinajstić information content (AvgIpc) is 2.35. The molecule has 4 nitrogen and oxygen atoms in total. The molecule has 0 amide bonds. The Kier molecular flexibility index (Phi) is 5.82. The first kappa shape index (κ1) is 16.3. The quantitative estimate of drug-likeness (QED) is 0.486. The second-order valence-electron chi connectivity index (χ2n) is 3.78. The summed E-state index contributed by atoms with van der Waals surface area (Å²) >= 11 is 3.09. The number of ether oxygens (including phenoxy) is 1. The Labute approximate surface area is 122 Å². The van der Waals surface area contributed by atoms with E-state index in [0.29, 0.717) is 5.56 Å². The minimum absolute atomic E-state index is 0.102. The molecule has 0 spiro atoms. The largest absolute Gasteiger partial charge is 0.478 e. The summed E-state index contributed by atoms with van der Waals surface area (Å²) in [5.74, 6) is -1.71. The summed E-state index contributed by atoms with van der Waals surface area (Å²) < 4.78 is 28.5. The number of hydrogen-bond acceptors (Lipinski definition) is 3. The number of carboxylic acids is 1. The predicted molar refractivity (Wildman–Crippen MR) is 72.5 cm³/mol. The van der Waals surface area contributed by atoms with Crippen LogP contribution in [-0.2, 0) is 4.79 Å². The lowest BCUT2D eigenvalue weighted by Gasteiger charge is -2.10. The zero-order valence-electron chi connectivity index (χ0n) is 10.3. The Morgan fingerprint density at radius 1 is 1.40 bits per heavy atom. The number of Topliss-reactive ketones (excluding diaryl/α,β-unsaturated/α-hetero) is 1. The van der Waals surface area contributed by atoms with Gasteiger partial charge in [0.2, 0.25) is 0 Å². The molecule has 1 unspecified atom stereocenters. The molecule has 7 heteroatoms. The predicted octanol–water partition coefficient (Wildman–Crippen LogP) is 3.35. The molecule has 0 fully saturated rings. The zero-order valence-corrected chi connectivity index (χ0v) is 11.9. The monoisotopic (exact) mass is 348 g/mol. The highest BCUT2D eigenvalue weighted by Crippen LogP contribution is 2.23. The number of carboxylic acid groups (broad SMARTS) is 1. The Bertz CT molecular complexity index is 541. The van der Waals surface area contributed by atoms with Gasteiger partial charge < -0.3 is 9.84 Å². The smallest absolute Gasteiger partial charge is 0.387 e. The first-order valence-corrected chi connectivity index (χ1v) is 6.41. The molecular formula is C13H11BrF2O4. The minimum Gasteiger partial charge on any atom is -0.478 e. The molecule has 0 aliphatic heterocycles. The number of carbonyl (C=O) groups is 2. The standard InChI is InChI=1S/C13H11BrF2O4/c1-7(14)12(19)10-6-9(20-13(15)16)4-2-8(10)3-5-11(17)18/h2-7,13H,1H3,(H,17,18). The van der Waals surface area contributed by atoms with E-state index in [1.807, 2.05) is 0 Å². The third-order valence-corrected chi connectivity index (χ3v) is 2.70. The van der Waals surface area contributed by atoms with Gasteiger partial charge in [-0.15, -0.1) is 0 Å². The summed E-state index contributed by atoms with van der Waals surface area (Å²) in [5, 5.41) is 8.58. The van der Waals surface area contributed by atoms with E-state index in [1.165, 1.54) is 18.2 Å². The summed E-state index contributed by atoms with van der Waals surface area (Å²) in [5.41, 5.74) is 0.412. The fourth-order valence-electron chi connectivity index (χ4n) is 1.45. The van der Waals surface area contributed by atoms with Gasteiger partial charge in [0.05, 0.1) is 4.83 Å². The first-order valence-electron chi connectivity index (χ1n) is 5.49. The number of halogens is 3. The van der Waals surface area contributed by atoms with Gasteiger partial charge in [0.15, 0.2) is 5.78 Å². The molecule has 0 saturated carbocycles. The maximum absolute atomic E-state index is 12.2. The summed E-state index contributed by atoms with van der Waals surface area (Å²) in [6.07, 6.45) is 2.08. The van der Waals surface area contributed by atoms with Gasteiger partial charge >= 0.3 is 12.6 Å². The number of rotatable bonds is 6. The van der Waals surface area contributed by atoms with Gasteiger partial charge in [0, 0.05) is 11.6 Å². The van der Waals surface area contributed by atoms with E-state index in [0.717, 1.165) is 12.1 Å². The molecule has 0 aliphatic carbocycles. The number of alkyl halides is 3. The van der Waals surface area contributed by atoms with Gasteiger partial charge in [0.25, 0.3) is 0 Å². The van der Waals surface area contributed by atoms with Crippen LogP contribution >= 0.6 is 15.9 Å². The van der Waals surface area contributed by atoms with E-state index in [4.69, 9.17) is 5.11 Å². The molecule has 0 aromatic heterocycles. The van der Waals surface area contributed by atoms with Crippen molar-refractivity contribution in [2.75, 3.05) is 0 Å². The van der Waals surface area contributed by atoms with Crippen LogP contribution in [0.4, 0.5) is 8.78 Å². The van der Waals surface area contributed by atoms with Crippen LogP contribution < -0.4 is 4.74 Å². The molecule has 0 saturated heterocycles. The lowest BCUT2D eigenvalue weighted by atomic mass is 10.0. The third kappa shape index (κ3) is 4.73.